The van der Waals surface area contributed by atoms with Crippen LogP contribution in [0.25, 0.3) is 0 Å². The number of rotatable bonds is 6. The van der Waals surface area contributed by atoms with Gasteiger partial charge in [-0.05, 0) is 43.2 Å². The molecule has 0 aromatic heterocycles. The van der Waals surface area contributed by atoms with Crippen molar-refractivity contribution in [1.82, 2.24) is 0 Å². The van der Waals surface area contributed by atoms with Crippen LogP contribution >= 0.6 is 11.6 Å². The van der Waals surface area contributed by atoms with E-state index in [1.165, 1.54) is 0 Å². The quantitative estimate of drug-likeness (QED) is 0.852. The van der Waals surface area contributed by atoms with Crippen molar-refractivity contribution in [3.05, 3.63) is 58.6 Å². The van der Waals surface area contributed by atoms with E-state index in [4.69, 9.17) is 11.6 Å². The SMILES string of the molecule is Cc1cc(C)c(NC(=O)CN(CCO)c2ccccc2)c(Cl)c1. The lowest BCUT2D eigenvalue weighted by molar-refractivity contribution is -0.115. The molecule has 2 aromatic rings. The summed E-state index contributed by atoms with van der Waals surface area (Å²) < 4.78 is 0. The normalized spacial score (nSPS) is 10.4. The van der Waals surface area contributed by atoms with Crippen LogP contribution in [0.15, 0.2) is 42.5 Å². The van der Waals surface area contributed by atoms with E-state index >= 15 is 0 Å². The highest BCUT2D eigenvalue weighted by atomic mass is 35.5. The molecular formula is C18H21ClN2O2. The van der Waals surface area contributed by atoms with E-state index in [9.17, 15) is 9.90 Å². The van der Waals surface area contributed by atoms with Crippen LogP contribution in [0, 0.1) is 13.8 Å². The van der Waals surface area contributed by atoms with Crippen LogP contribution in [0.2, 0.25) is 5.02 Å². The average Bonchev–Trinajstić information content (AvgIpc) is 2.51. The van der Waals surface area contributed by atoms with Crippen molar-refractivity contribution < 1.29 is 9.90 Å². The molecule has 0 aliphatic carbocycles. The number of carbonyl (C=O) groups is 1. The first-order valence-electron chi connectivity index (χ1n) is 7.48. The molecule has 0 aliphatic heterocycles. The Morgan fingerprint density at radius 3 is 2.52 bits per heavy atom. The molecule has 0 unspecified atom stereocenters. The van der Waals surface area contributed by atoms with E-state index in [0.29, 0.717) is 17.3 Å². The number of carbonyl (C=O) groups excluding carboxylic acids is 1. The Hall–Kier alpha value is -2.04. The summed E-state index contributed by atoms with van der Waals surface area (Å²) in [6, 6.07) is 13.3. The number of hydrogen-bond donors (Lipinski definition) is 2. The molecule has 2 rings (SSSR count). The fraction of sp³-hybridized carbons (Fsp3) is 0.278. The first-order valence-corrected chi connectivity index (χ1v) is 7.86. The Morgan fingerprint density at radius 2 is 1.91 bits per heavy atom. The Bertz CT molecular complexity index is 651. The highest BCUT2D eigenvalue weighted by molar-refractivity contribution is 6.34. The van der Waals surface area contributed by atoms with E-state index in [1.54, 1.807) is 0 Å². The number of aliphatic hydroxyl groups is 1. The third kappa shape index (κ3) is 4.71. The number of benzene rings is 2. The molecule has 2 aromatic carbocycles. The van der Waals surface area contributed by atoms with Crippen LogP contribution in [0.1, 0.15) is 11.1 Å². The van der Waals surface area contributed by atoms with Gasteiger partial charge in [0.1, 0.15) is 0 Å². The monoisotopic (exact) mass is 332 g/mol. The minimum Gasteiger partial charge on any atom is -0.395 e. The smallest absolute Gasteiger partial charge is 0.243 e. The summed E-state index contributed by atoms with van der Waals surface area (Å²) in [5, 5.41) is 12.6. The van der Waals surface area contributed by atoms with Gasteiger partial charge in [-0.2, -0.15) is 0 Å². The van der Waals surface area contributed by atoms with Gasteiger partial charge in [-0.3, -0.25) is 4.79 Å². The lowest BCUT2D eigenvalue weighted by Crippen LogP contribution is -2.35. The van der Waals surface area contributed by atoms with Gasteiger partial charge in [0.15, 0.2) is 0 Å². The topological polar surface area (TPSA) is 52.6 Å². The van der Waals surface area contributed by atoms with E-state index in [0.717, 1.165) is 16.8 Å². The van der Waals surface area contributed by atoms with E-state index in [2.05, 4.69) is 5.32 Å². The van der Waals surface area contributed by atoms with Crippen molar-refractivity contribution in [1.29, 1.82) is 0 Å². The zero-order valence-corrected chi connectivity index (χ0v) is 14.1. The number of aliphatic hydroxyl groups excluding tert-OH is 1. The fourth-order valence-electron chi connectivity index (χ4n) is 2.49. The third-order valence-corrected chi connectivity index (χ3v) is 3.82. The number of halogens is 1. The molecule has 4 nitrogen and oxygen atoms in total. The Morgan fingerprint density at radius 1 is 1.22 bits per heavy atom. The van der Waals surface area contributed by atoms with Gasteiger partial charge in [0.2, 0.25) is 5.91 Å². The maximum absolute atomic E-state index is 12.4. The van der Waals surface area contributed by atoms with Crippen LogP contribution in [-0.4, -0.2) is 30.7 Å². The van der Waals surface area contributed by atoms with Gasteiger partial charge in [-0.15, -0.1) is 0 Å². The number of para-hydroxylation sites is 1. The summed E-state index contributed by atoms with van der Waals surface area (Å²) in [6.07, 6.45) is 0. The third-order valence-electron chi connectivity index (χ3n) is 3.52. The van der Waals surface area contributed by atoms with Crippen LogP contribution < -0.4 is 10.2 Å². The van der Waals surface area contributed by atoms with Crippen molar-refractivity contribution in [2.24, 2.45) is 0 Å². The van der Waals surface area contributed by atoms with E-state index in [1.807, 2.05) is 61.2 Å². The van der Waals surface area contributed by atoms with Crippen molar-refractivity contribution in [2.45, 2.75) is 13.8 Å². The maximum atomic E-state index is 12.4. The molecule has 5 heteroatoms. The highest BCUT2D eigenvalue weighted by Crippen LogP contribution is 2.27. The van der Waals surface area contributed by atoms with Crippen molar-refractivity contribution in [2.75, 3.05) is 29.9 Å². The summed E-state index contributed by atoms with van der Waals surface area (Å²) in [7, 11) is 0. The first-order chi connectivity index (χ1) is 11.0. The standard InChI is InChI=1S/C18H21ClN2O2/c1-13-10-14(2)18(16(19)11-13)20-17(23)12-21(8-9-22)15-6-4-3-5-7-15/h3-7,10-11,22H,8-9,12H2,1-2H3,(H,20,23). The van der Waals surface area contributed by atoms with Crippen LogP contribution in [0.3, 0.4) is 0 Å². The van der Waals surface area contributed by atoms with Gasteiger partial charge in [-0.1, -0.05) is 35.9 Å². The van der Waals surface area contributed by atoms with Crippen LogP contribution in [0.4, 0.5) is 11.4 Å². The number of nitrogens with one attached hydrogen (secondary N) is 1. The molecule has 0 saturated carbocycles. The molecule has 0 heterocycles. The minimum absolute atomic E-state index is 0.0213. The second-order valence-electron chi connectivity index (χ2n) is 5.47. The molecule has 1 amide bonds. The van der Waals surface area contributed by atoms with Gasteiger partial charge < -0.3 is 15.3 Å². The Balaban J connectivity index is 2.11. The van der Waals surface area contributed by atoms with Crippen molar-refractivity contribution >= 4 is 28.9 Å². The average molecular weight is 333 g/mol. The maximum Gasteiger partial charge on any atom is 0.243 e. The first kappa shape index (κ1) is 17.3. The van der Waals surface area contributed by atoms with Gasteiger partial charge in [0, 0.05) is 12.2 Å². The molecule has 0 atom stereocenters. The molecule has 122 valence electrons. The van der Waals surface area contributed by atoms with Crippen molar-refractivity contribution in [3.63, 3.8) is 0 Å². The summed E-state index contributed by atoms with van der Waals surface area (Å²) in [5.74, 6) is -0.170. The lowest BCUT2D eigenvalue weighted by Gasteiger charge is -2.23. The zero-order valence-electron chi connectivity index (χ0n) is 13.3. The van der Waals surface area contributed by atoms with E-state index < -0.39 is 0 Å². The summed E-state index contributed by atoms with van der Waals surface area (Å²) >= 11 is 6.23. The van der Waals surface area contributed by atoms with Gasteiger partial charge in [0.05, 0.1) is 23.9 Å². The zero-order chi connectivity index (χ0) is 16.8. The summed E-state index contributed by atoms with van der Waals surface area (Å²) in [5.41, 5.74) is 3.51. The molecule has 0 bridgehead atoms. The molecule has 0 aliphatic rings. The molecule has 0 spiro atoms. The molecule has 0 radical (unpaired) electrons. The Kier molecular flexibility index (Phi) is 6.02. The number of nitrogens with zero attached hydrogens (tertiary/aromatic N) is 1. The number of aryl methyl sites for hydroxylation is 2. The number of anilines is 2. The van der Waals surface area contributed by atoms with Gasteiger partial charge in [0.25, 0.3) is 0 Å². The van der Waals surface area contributed by atoms with Crippen LogP contribution in [0.5, 0.6) is 0 Å². The molecule has 0 fully saturated rings. The van der Waals surface area contributed by atoms with Crippen LogP contribution in [-0.2, 0) is 4.79 Å². The predicted molar refractivity (Wildman–Crippen MR) is 95.3 cm³/mol. The molecule has 2 N–H and O–H groups in total. The number of hydrogen-bond acceptors (Lipinski definition) is 3. The highest BCUT2D eigenvalue weighted by Gasteiger charge is 2.14. The van der Waals surface area contributed by atoms with Gasteiger partial charge >= 0.3 is 0 Å². The minimum atomic E-state index is -0.170. The number of amides is 1. The second-order valence-corrected chi connectivity index (χ2v) is 5.87. The summed E-state index contributed by atoms with van der Waals surface area (Å²) in [4.78, 5) is 14.2. The lowest BCUT2D eigenvalue weighted by atomic mass is 10.1. The Labute approximate surface area is 141 Å². The molecular weight excluding hydrogens is 312 g/mol. The predicted octanol–water partition coefficient (Wildman–Crippen LogP) is 3.39. The fourth-order valence-corrected chi connectivity index (χ4v) is 2.85. The van der Waals surface area contributed by atoms with Crippen molar-refractivity contribution in [3.8, 4) is 0 Å². The second kappa shape index (κ2) is 7.99. The largest absolute Gasteiger partial charge is 0.395 e. The van der Waals surface area contributed by atoms with Gasteiger partial charge in [-0.25, -0.2) is 0 Å². The molecule has 23 heavy (non-hydrogen) atoms. The van der Waals surface area contributed by atoms with E-state index in [-0.39, 0.29) is 19.1 Å². The molecule has 0 saturated heterocycles. The summed E-state index contributed by atoms with van der Waals surface area (Å²) in [6.45, 7) is 4.39.